The number of aryl methyl sites for hydroxylation is 1. The van der Waals surface area contributed by atoms with Gasteiger partial charge in [0.1, 0.15) is 0 Å². The fraction of sp³-hybridized carbons (Fsp3) is 0.182. The first-order chi connectivity index (χ1) is 6.70. The molecule has 0 saturated heterocycles. The molecule has 0 fully saturated rings. The largest absolute Gasteiger partial charge is 0.491 e. The zero-order chi connectivity index (χ0) is 10.1. The number of methoxy groups -OCH3 is 1. The normalized spacial score (nSPS) is 10.4. The lowest BCUT2D eigenvalue weighted by Gasteiger charge is -2.02. The second-order valence-corrected chi connectivity index (χ2v) is 3.26. The van der Waals surface area contributed by atoms with Crippen LogP contribution in [0.5, 0.6) is 5.75 Å². The number of aromatic amines is 1. The van der Waals surface area contributed by atoms with Gasteiger partial charge >= 0.3 is 0 Å². The van der Waals surface area contributed by atoms with E-state index in [4.69, 9.17) is 4.74 Å². The number of pyridine rings is 1. The summed E-state index contributed by atoms with van der Waals surface area (Å²) in [5, 5.41) is 0.987. The summed E-state index contributed by atoms with van der Waals surface area (Å²) in [5.41, 5.74) is 1.80. The molecule has 1 heterocycles. The van der Waals surface area contributed by atoms with E-state index in [0.717, 1.165) is 16.5 Å². The van der Waals surface area contributed by atoms with Crippen LogP contribution in [0.1, 0.15) is 5.56 Å². The highest BCUT2D eigenvalue weighted by Gasteiger charge is 2.01. The van der Waals surface area contributed by atoms with Crippen molar-refractivity contribution in [2.75, 3.05) is 7.11 Å². The second kappa shape index (κ2) is 3.18. The van der Waals surface area contributed by atoms with Gasteiger partial charge < -0.3 is 9.72 Å². The predicted octanol–water partition coefficient (Wildman–Crippen LogP) is 1.85. The Morgan fingerprint density at radius 3 is 2.79 bits per heavy atom. The maximum absolute atomic E-state index is 11.4. The van der Waals surface area contributed by atoms with Gasteiger partial charge in [-0.25, -0.2) is 0 Å². The van der Waals surface area contributed by atoms with Crippen molar-refractivity contribution in [3.63, 3.8) is 0 Å². The fourth-order valence-corrected chi connectivity index (χ4v) is 1.46. The molecule has 0 radical (unpaired) electrons. The lowest BCUT2D eigenvalue weighted by molar-refractivity contribution is 0.409. The molecule has 72 valence electrons. The van der Waals surface area contributed by atoms with E-state index in [0.29, 0.717) is 5.75 Å². The average molecular weight is 189 g/mol. The van der Waals surface area contributed by atoms with E-state index in [2.05, 4.69) is 4.98 Å². The van der Waals surface area contributed by atoms with Gasteiger partial charge in [0.05, 0.1) is 7.11 Å². The fourth-order valence-electron chi connectivity index (χ4n) is 1.46. The summed E-state index contributed by atoms with van der Waals surface area (Å²) in [6.45, 7) is 2.01. The molecular formula is C11H11NO2. The Hall–Kier alpha value is -1.77. The first-order valence-corrected chi connectivity index (χ1v) is 4.38. The third kappa shape index (κ3) is 1.37. The molecule has 0 aliphatic carbocycles. The topological polar surface area (TPSA) is 42.1 Å². The number of rotatable bonds is 1. The zero-order valence-electron chi connectivity index (χ0n) is 8.13. The van der Waals surface area contributed by atoms with Gasteiger partial charge in [-0.05, 0) is 25.1 Å². The van der Waals surface area contributed by atoms with Crippen molar-refractivity contribution in [1.82, 2.24) is 4.98 Å². The number of nitrogens with one attached hydrogen (secondary N) is 1. The van der Waals surface area contributed by atoms with Crippen molar-refractivity contribution in [2.45, 2.75) is 6.92 Å². The van der Waals surface area contributed by atoms with Crippen LogP contribution in [0, 0.1) is 6.92 Å². The molecular weight excluding hydrogens is 178 g/mol. The molecule has 0 spiro atoms. The Kier molecular flexibility index (Phi) is 2.00. The predicted molar refractivity (Wildman–Crippen MR) is 55.9 cm³/mol. The summed E-state index contributed by atoms with van der Waals surface area (Å²) >= 11 is 0. The standard InChI is InChI=1S/C11H11NO2/c1-7-3-4-9-8(5-7)6-10(14-2)11(13)12-9/h3-6H,1-2H3,(H,12,13). The van der Waals surface area contributed by atoms with Crippen LogP contribution in [-0.2, 0) is 0 Å². The molecule has 0 bridgehead atoms. The first-order valence-electron chi connectivity index (χ1n) is 4.38. The van der Waals surface area contributed by atoms with Gasteiger partial charge in [-0.2, -0.15) is 0 Å². The van der Waals surface area contributed by atoms with Crippen molar-refractivity contribution < 1.29 is 4.74 Å². The maximum atomic E-state index is 11.4. The van der Waals surface area contributed by atoms with E-state index in [1.165, 1.54) is 7.11 Å². The summed E-state index contributed by atoms with van der Waals surface area (Å²) in [4.78, 5) is 14.1. The Morgan fingerprint density at radius 1 is 1.29 bits per heavy atom. The molecule has 2 rings (SSSR count). The third-order valence-corrected chi connectivity index (χ3v) is 2.19. The molecule has 0 saturated carbocycles. The average Bonchev–Trinajstić information content (AvgIpc) is 2.17. The molecule has 2 aromatic rings. The Labute approximate surface area is 81.3 Å². The number of aromatic nitrogens is 1. The summed E-state index contributed by atoms with van der Waals surface area (Å²) < 4.78 is 4.95. The van der Waals surface area contributed by atoms with Crippen LogP contribution in [0.15, 0.2) is 29.1 Å². The quantitative estimate of drug-likeness (QED) is 0.743. The van der Waals surface area contributed by atoms with Gasteiger partial charge in [-0.1, -0.05) is 11.6 Å². The molecule has 0 aliphatic heterocycles. The minimum atomic E-state index is -0.191. The summed E-state index contributed by atoms with van der Waals surface area (Å²) in [7, 11) is 1.49. The van der Waals surface area contributed by atoms with Gasteiger partial charge in [0.2, 0.25) is 0 Å². The molecule has 0 unspecified atom stereocenters. The zero-order valence-corrected chi connectivity index (χ0v) is 8.13. The number of H-pyrrole nitrogens is 1. The molecule has 1 aromatic carbocycles. The highest BCUT2D eigenvalue weighted by molar-refractivity contribution is 5.80. The van der Waals surface area contributed by atoms with Crippen LogP contribution < -0.4 is 10.3 Å². The molecule has 0 amide bonds. The van der Waals surface area contributed by atoms with E-state index in [9.17, 15) is 4.79 Å². The smallest absolute Gasteiger partial charge is 0.290 e. The van der Waals surface area contributed by atoms with Crippen molar-refractivity contribution >= 4 is 10.9 Å². The van der Waals surface area contributed by atoms with Crippen molar-refractivity contribution in [3.05, 3.63) is 40.2 Å². The Morgan fingerprint density at radius 2 is 2.07 bits per heavy atom. The van der Waals surface area contributed by atoms with E-state index in [1.54, 1.807) is 6.07 Å². The molecule has 0 atom stereocenters. The Bertz CT molecular complexity index is 528. The van der Waals surface area contributed by atoms with E-state index < -0.39 is 0 Å². The van der Waals surface area contributed by atoms with Crippen LogP contribution in [-0.4, -0.2) is 12.1 Å². The van der Waals surface area contributed by atoms with Crippen LogP contribution in [0.3, 0.4) is 0 Å². The van der Waals surface area contributed by atoms with Gasteiger partial charge in [0.25, 0.3) is 5.56 Å². The minimum Gasteiger partial charge on any atom is -0.491 e. The van der Waals surface area contributed by atoms with Gasteiger partial charge in [0, 0.05) is 10.9 Å². The third-order valence-electron chi connectivity index (χ3n) is 2.19. The summed E-state index contributed by atoms with van der Waals surface area (Å²) in [6, 6.07) is 7.62. The van der Waals surface area contributed by atoms with Crippen molar-refractivity contribution in [3.8, 4) is 5.75 Å². The number of fused-ring (bicyclic) bond motifs is 1. The van der Waals surface area contributed by atoms with Gasteiger partial charge in [0.15, 0.2) is 5.75 Å². The monoisotopic (exact) mass is 189 g/mol. The molecule has 1 aromatic heterocycles. The van der Waals surface area contributed by atoms with Crippen LogP contribution in [0.25, 0.3) is 10.9 Å². The SMILES string of the molecule is COc1cc2cc(C)ccc2[nH]c1=O. The number of ether oxygens (including phenoxy) is 1. The second-order valence-electron chi connectivity index (χ2n) is 3.26. The molecule has 1 N–H and O–H groups in total. The van der Waals surface area contributed by atoms with Crippen LogP contribution in [0.4, 0.5) is 0 Å². The molecule has 3 nitrogen and oxygen atoms in total. The van der Waals surface area contributed by atoms with Crippen LogP contribution in [0.2, 0.25) is 0 Å². The van der Waals surface area contributed by atoms with Gasteiger partial charge in [-0.3, -0.25) is 4.79 Å². The molecule has 14 heavy (non-hydrogen) atoms. The number of hydrogen-bond acceptors (Lipinski definition) is 2. The van der Waals surface area contributed by atoms with Crippen molar-refractivity contribution in [2.24, 2.45) is 0 Å². The number of hydrogen-bond donors (Lipinski definition) is 1. The highest BCUT2D eigenvalue weighted by atomic mass is 16.5. The molecule has 3 heteroatoms. The van der Waals surface area contributed by atoms with E-state index in [-0.39, 0.29) is 5.56 Å². The maximum Gasteiger partial charge on any atom is 0.290 e. The van der Waals surface area contributed by atoms with E-state index in [1.807, 2.05) is 25.1 Å². The summed E-state index contributed by atoms with van der Waals surface area (Å²) in [5.74, 6) is 0.350. The minimum absolute atomic E-state index is 0.191. The lowest BCUT2D eigenvalue weighted by Crippen LogP contribution is -2.08. The van der Waals surface area contributed by atoms with E-state index >= 15 is 0 Å². The first kappa shape index (κ1) is 8.81. The number of benzene rings is 1. The van der Waals surface area contributed by atoms with Crippen molar-refractivity contribution in [1.29, 1.82) is 0 Å². The van der Waals surface area contributed by atoms with Gasteiger partial charge in [-0.15, -0.1) is 0 Å². The highest BCUT2D eigenvalue weighted by Crippen LogP contribution is 2.15. The molecule has 0 aliphatic rings. The summed E-state index contributed by atoms with van der Waals surface area (Å²) in [6.07, 6.45) is 0. The lowest BCUT2D eigenvalue weighted by atomic mass is 10.1. The Balaban J connectivity index is 2.80. The van der Waals surface area contributed by atoms with Crippen LogP contribution >= 0.6 is 0 Å².